The molecule has 0 saturated carbocycles. The molecule has 0 aliphatic heterocycles. The van der Waals surface area contributed by atoms with Gasteiger partial charge in [0.2, 0.25) is 0 Å². The number of non-ortho nitro benzene ring substituents is 1. The molecule has 1 unspecified atom stereocenters. The molecule has 0 fully saturated rings. The minimum atomic E-state index is -0.764. The van der Waals surface area contributed by atoms with E-state index >= 15 is 0 Å². The molecule has 0 saturated heterocycles. The van der Waals surface area contributed by atoms with Crippen LogP contribution in [0.5, 0.6) is 5.75 Å². The summed E-state index contributed by atoms with van der Waals surface area (Å²) in [6.07, 6.45) is 0.708. The number of aliphatic hydroxyl groups is 1. The van der Waals surface area contributed by atoms with Crippen LogP contribution >= 0.6 is 0 Å². The van der Waals surface area contributed by atoms with Crippen LogP contribution < -0.4 is 4.74 Å². The molecule has 0 aliphatic carbocycles. The average Bonchev–Trinajstić information content (AvgIpc) is 3.09. The Morgan fingerprint density at radius 3 is 2.76 bits per heavy atom. The summed E-state index contributed by atoms with van der Waals surface area (Å²) in [7, 11) is 0. The molecule has 2 aromatic carbocycles. The minimum absolute atomic E-state index is 0.0230. The van der Waals surface area contributed by atoms with E-state index < -0.39 is 11.0 Å². The highest BCUT2D eigenvalue weighted by molar-refractivity contribution is 5.58. The molecule has 128 valence electrons. The molecule has 1 atom stereocenters. The van der Waals surface area contributed by atoms with Gasteiger partial charge in [0.15, 0.2) is 5.82 Å². The zero-order chi connectivity index (χ0) is 17.6. The van der Waals surface area contributed by atoms with Crippen LogP contribution in [0.2, 0.25) is 0 Å². The SMILES string of the molecule is O=[N+]([O-])c1cccc(-c2ncn(CC(O)COc3ccccc3)n2)c1. The third-order valence-electron chi connectivity index (χ3n) is 3.44. The third kappa shape index (κ3) is 4.39. The number of para-hydroxylation sites is 1. The van der Waals surface area contributed by atoms with Crippen molar-refractivity contribution in [1.29, 1.82) is 0 Å². The Balaban J connectivity index is 1.61. The van der Waals surface area contributed by atoms with Crippen LogP contribution in [0.25, 0.3) is 11.4 Å². The molecule has 0 radical (unpaired) electrons. The van der Waals surface area contributed by atoms with E-state index in [9.17, 15) is 15.2 Å². The van der Waals surface area contributed by atoms with E-state index in [4.69, 9.17) is 4.74 Å². The first kappa shape index (κ1) is 16.6. The topological polar surface area (TPSA) is 103 Å². The van der Waals surface area contributed by atoms with E-state index in [1.807, 2.05) is 30.3 Å². The lowest BCUT2D eigenvalue weighted by Gasteiger charge is -2.11. The van der Waals surface area contributed by atoms with Crippen molar-refractivity contribution in [3.8, 4) is 17.1 Å². The predicted octanol–water partition coefficient (Wildman–Crippen LogP) is 2.29. The minimum Gasteiger partial charge on any atom is -0.491 e. The predicted molar refractivity (Wildman–Crippen MR) is 90.1 cm³/mol. The molecule has 1 aromatic heterocycles. The number of hydrogen-bond acceptors (Lipinski definition) is 6. The molecule has 25 heavy (non-hydrogen) atoms. The van der Waals surface area contributed by atoms with E-state index in [1.165, 1.54) is 23.1 Å². The van der Waals surface area contributed by atoms with Gasteiger partial charge in [0.05, 0.1) is 11.5 Å². The van der Waals surface area contributed by atoms with E-state index in [2.05, 4.69) is 10.1 Å². The van der Waals surface area contributed by atoms with Gasteiger partial charge in [-0.25, -0.2) is 9.67 Å². The van der Waals surface area contributed by atoms with Gasteiger partial charge in [-0.05, 0) is 12.1 Å². The molecule has 1 N–H and O–H groups in total. The maximum absolute atomic E-state index is 10.8. The van der Waals surface area contributed by atoms with Gasteiger partial charge in [0, 0.05) is 17.7 Å². The highest BCUT2D eigenvalue weighted by Gasteiger charge is 2.12. The second-order valence-corrected chi connectivity index (χ2v) is 5.38. The van der Waals surface area contributed by atoms with Gasteiger partial charge in [0.1, 0.15) is 24.8 Å². The molecule has 8 heteroatoms. The number of aliphatic hydroxyl groups excluding tert-OH is 1. The van der Waals surface area contributed by atoms with Gasteiger partial charge in [-0.1, -0.05) is 30.3 Å². The third-order valence-corrected chi connectivity index (χ3v) is 3.44. The fourth-order valence-electron chi connectivity index (χ4n) is 2.25. The van der Waals surface area contributed by atoms with E-state index in [0.717, 1.165) is 0 Å². The van der Waals surface area contributed by atoms with Crippen molar-refractivity contribution in [3.63, 3.8) is 0 Å². The van der Waals surface area contributed by atoms with Crippen LogP contribution in [0.1, 0.15) is 0 Å². The summed E-state index contributed by atoms with van der Waals surface area (Å²) in [5, 5.41) is 25.1. The first-order valence-corrected chi connectivity index (χ1v) is 7.62. The van der Waals surface area contributed by atoms with Gasteiger partial charge in [-0.15, -0.1) is 0 Å². The van der Waals surface area contributed by atoms with Gasteiger partial charge in [0.25, 0.3) is 5.69 Å². The number of rotatable bonds is 7. The Hall–Kier alpha value is -3.26. The zero-order valence-electron chi connectivity index (χ0n) is 13.2. The Labute approximate surface area is 143 Å². The van der Waals surface area contributed by atoms with Crippen LogP contribution in [0.3, 0.4) is 0 Å². The summed E-state index contributed by atoms with van der Waals surface area (Å²) in [6.45, 7) is 0.324. The van der Waals surface area contributed by atoms with E-state index in [-0.39, 0.29) is 18.8 Å². The maximum atomic E-state index is 10.8. The van der Waals surface area contributed by atoms with Crippen molar-refractivity contribution in [3.05, 3.63) is 71.0 Å². The van der Waals surface area contributed by atoms with Gasteiger partial charge in [-0.3, -0.25) is 10.1 Å². The lowest BCUT2D eigenvalue weighted by molar-refractivity contribution is -0.384. The number of ether oxygens (including phenoxy) is 1. The van der Waals surface area contributed by atoms with Crippen LogP contribution in [0.4, 0.5) is 5.69 Å². The number of nitro groups is 1. The lowest BCUT2D eigenvalue weighted by atomic mass is 10.2. The number of hydrogen-bond donors (Lipinski definition) is 1. The van der Waals surface area contributed by atoms with E-state index in [0.29, 0.717) is 17.1 Å². The highest BCUT2D eigenvalue weighted by atomic mass is 16.6. The van der Waals surface area contributed by atoms with Crippen molar-refractivity contribution in [1.82, 2.24) is 14.8 Å². The fourth-order valence-corrected chi connectivity index (χ4v) is 2.25. The molecular formula is C17H16N4O4. The van der Waals surface area contributed by atoms with Gasteiger partial charge >= 0.3 is 0 Å². The largest absolute Gasteiger partial charge is 0.491 e. The summed E-state index contributed by atoms with van der Waals surface area (Å²) in [5.74, 6) is 1.04. The molecule has 0 bridgehead atoms. The smallest absolute Gasteiger partial charge is 0.270 e. The lowest BCUT2D eigenvalue weighted by Crippen LogP contribution is -2.23. The second kappa shape index (κ2) is 7.54. The number of benzene rings is 2. The van der Waals surface area contributed by atoms with Crippen LogP contribution in [0, 0.1) is 10.1 Å². The molecule has 3 rings (SSSR count). The summed E-state index contributed by atoms with van der Waals surface area (Å²) in [5.41, 5.74) is 0.521. The van der Waals surface area contributed by atoms with Crippen molar-refractivity contribution < 1.29 is 14.8 Å². The van der Waals surface area contributed by atoms with Crippen molar-refractivity contribution in [2.24, 2.45) is 0 Å². The van der Waals surface area contributed by atoms with Gasteiger partial charge in [-0.2, -0.15) is 5.10 Å². The highest BCUT2D eigenvalue weighted by Crippen LogP contribution is 2.20. The fraction of sp³-hybridized carbons (Fsp3) is 0.176. The van der Waals surface area contributed by atoms with Crippen molar-refractivity contribution >= 4 is 5.69 Å². The Kier molecular flexibility index (Phi) is 5.00. The van der Waals surface area contributed by atoms with Gasteiger partial charge < -0.3 is 9.84 Å². The summed E-state index contributed by atoms with van der Waals surface area (Å²) >= 11 is 0. The Morgan fingerprint density at radius 2 is 2.00 bits per heavy atom. The summed E-state index contributed by atoms with van der Waals surface area (Å²) in [4.78, 5) is 14.5. The van der Waals surface area contributed by atoms with Crippen molar-refractivity contribution in [2.45, 2.75) is 12.6 Å². The first-order valence-electron chi connectivity index (χ1n) is 7.62. The summed E-state index contributed by atoms with van der Waals surface area (Å²) in [6, 6.07) is 15.3. The molecule has 3 aromatic rings. The quantitative estimate of drug-likeness (QED) is 0.523. The average molecular weight is 340 g/mol. The normalized spacial score (nSPS) is 11.9. The van der Waals surface area contributed by atoms with Crippen LogP contribution in [-0.4, -0.2) is 37.5 Å². The molecule has 1 heterocycles. The maximum Gasteiger partial charge on any atom is 0.270 e. The van der Waals surface area contributed by atoms with Crippen LogP contribution in [0.15, 0.2) is 60.9 Å². The Bertz CT molecular complexity index is 851. The first-order chi connectivity index (χ1) is 12.1. The molecule has 0 spiro atoms. The van der Waals surface area contributed by atoms with E-state index in [1.54, 1.807) is 12.1 Å². The summed E-state index contributed by atoms with van der Waals surface area (Å²) < 4.78 is 6.97. The molecule has 0 amide bonds. The Morgan fingerprint density at radius 1 is 1.20 bits per heavy atom. The molecular weight excluding hydrogens is 324 g/mol. The number of nitro benzene ring substituents is 1. The standard InChI is InChI=1S/C17H16N4O4/c22-15(11-25-16-7-2-1-3-8-16)10-20-12-18-17(19-20)13-5-4-6-14(9-13)21(23)24/h1-9,12,15,22H,10-11H2. The molecule has 8 nitrogen and oxygen atoms in total. The van der Waals surface area contributed by atoms with Crippen molar-refractivity contribution in [2.75, 3.05) is 6.61 Å². The number of nitrogens with zero attached hydrogens (tertiary/aromatic N) is 4. The number of aromatic nitrogens is 3. The second-order valence-electron chi connectivity index (χ2n) is 5.38. The molecule has 0 aliphatic rings. The monoisotopic (exact) mass is 340 g/mol. The zero-order valence-corrected chi connectivity index (χ0v) is 13.2. The van der Waals surface area contributed by atoms with Crippen LogP contribution in [-0.2, 0) is 6.54 Å².